The van der Waals surface area contributed by atoms with E-state index in [2.05, 4.69) is 10.1 Å². The van der Waals surface area contributed by atoms with E-state index in [9.17, 15) is 9.59 Å². The van der Waals surface area contributed by atoms with Crippen LogP contribution in [0, 0.1) is 13.8 Å². The van der Waals surface area contributed by atoms with Gasteiger partial charge in [0.1, 0.15) is 10.6 Å². The maximum Gasteiger partial charge on any atom is 0.350 e. The Morgan fingerprint density at radius 3 is 2.64 bits per heavy atom. The van der Waals surface area contributed by atoms with Crippen LogP contribution < -0.4 is 10.1 Å². The van der Waals surface area contributed by atoms with E-state index in [1.54, 1.807) is 11.4 Å². The van der Waals surface area contributed by atoms with Crippen molar-refractivity contribution in [2.75, 3.05) is 19.0 Å². The van der Waals surface area contributed by atoms with Gasteiger partial charge in [-0.3, -0.25) is 4.79 Å². The van der Waals surface area contributed by atoms with Crippen molar-refractivity contribution in [2.24, 2.45) is 0 Å². The summed E-state index contributed by atoms with van der Waals surface area (Å²) >= 11 is 1.21. The van der Waals surface area contributed by atoms with E-state index in [0.29, 0.717) is 16.3 Å². The number of rotatable bonds is 5. The highest BCUT2D eigenvalue weighted by Gasteiger charge is 2.15. The van der Waals surface area contributed by atoms with Crippen LogP contribution >= 0.6 is 11.3 Å². The number of thiophene rings is 1. The van der Waals surface area contributed by atoms with Crippen molar-refractivity contribution in [2.45, 2.75) is 13.8 Å². The maximum atomic E-state index is 11.9. The molecule has 1 aromatic heterocycles. The highest BCUT2D eigenvalue weighted by Crippen LogP contribution is 2.23. The van der Waals surface area contributed by atoms with Gasteiger partial charge >= 0.3 is 5.97 Å². The molecule has 22 heavy (non-hydrogen) atoms. The molecule has 1 N–H and O–H groups in total. The number of methoxy groups -OCH3 is 1. The molecular weight excluding hydrogens is 302 g/mol. The number of esters is 1. The molecule has 0 radical (unpaired) electrons. The van der Waals surface area contributed by atoms with Gasteiger partial charge in [-0.25, -0.2) is 4.79 Å². The lowest BCUT2D eigenvalue weighted by atomic mass is 10.1. The Labute approximate surface area is 132 Å². The molecule has 1 aromatic carbocycles. The van der Waals surface area contributed by atoms with Crippen molar-refractivity contribution in [3.63, 3.8) is 0 Å². The summed E-state index contributed by atoms with van der Waals surface area (Å²) in [4.78, 5) is 23.8. The SMILES string of the molecule is COC(=O)c1sccc1NC(=O)COc1ccc(C)c(C)c1. The van der Waals surface area contributed by atoms with Gasteiger partial charge in [-0.15, -0.1) is 11.3 Å². The third-order valence-electron chi connectivity index (χ3n) is 3.16. The van der Waals surface area contributed by atoms with Gasteiger partial charge < -0.3 is 14.8 Å². The van der Waals surface area contributed by atoms with Crippen LogP contribution in [0.3, 0.4) is 0 Å². The fourth-order valence-corrected chi connectivity index (χ4v) is 2.56. The average Bonchev–Trinajstić information content (AvgIpc) is 2.95. The standard InChI is InChI=1S/C16H17NO4S/c1-10-4-5-12(8-11(10)2)21-9-14(18)17-13-6-7-22-15(13)16(19)20-3/h4-8H,9H2,1-3H3,(H,17,18). The minimum atomic E-state index is -0.472. The molecule has 0 aliphatic heterocycles. The first kappa shape index (κ1) is 16.0. The highest BCUT2D eigenvalue weighted by atomic mass is 32.1. The summed E-state index contributed by atoms with van der Waals surface area (Å²) in [6, 6.07) is 7.30. The monoisotopic (exact) mass is 319 g/mol. The molecule has 0 saturated carbocycles. The van der Waals surface area contributed by atoms with Gasteiger partial charge in [-0.05, 0) is 48.6 Å². The lowest BCUT2D eigenvalue weighted by Crippen LogP contribution is -2.21. The Kier molecular flexibility index (Phi) is 5.16. The topological polar surface area (TPSA) is 64.6 Å². The number of amides is 1. The van der Waals surface area contributed by atoms with Crippen molar-refractivity contribution in [3.8, 4) is 5.75 Å². The van der Waals surface area contributed by atoms with Crippen LogP contribution in [-0.2, 0) is 9.53 Å². The molecule has 1 heterocycles. The molecule has 1 amide bonds. The molecule has 5 nitrogen and oxygen atoms in total. The quantitative estimate of drug-likeness (QED) is 0.860. The molecule has 116 valence electrons. The van der Waals surface area contributed by atoms with Crippen molar-refractivity contribution in [1.82, 2.24) is 0 Å². The third kappa shape index (κ3) is 3.85. The average molecular weight is 319 g/mol. The molecule has 0 unspecified atom stereocenters. The minimum Gasteiger partial charge on any atom is -0.484 e. The predicted molar refractivity (Wildman–Crippen MR) is 85.7 cm³/mol. The van der Waals surface area contributed by atoms with Gasteiger partial charge in [-0.2, -0.15) is 0 Å². The van der Waals surface area contributed by atoms with Crippen molar-refractivity contribution >= 4 is 28.9 Å². The molecule has 0 atom stereocenters. The zero-order valence-electron chi connectivity index (χ0n) is 12.6. The van der Waals surface area contributed by atoms with E-state index in [1.807, 2.05) is 32.0 Å². The van der Waals surface area contributed by atoms with Crippen molar-refractivity contribution < 1.29 is 19.1 Å². The van der Waals surface area contributed by atoms with E-state index in [4.69, 9.17) is 4.74 Å². The lowest BCUT2D eigenvalue weighted by Gasteiger charge is -2.09. The van der Waals surface area contributed by atoms with E-state index >= 15 is 0 Å². The number of carbonyl (C=O) groups excluding carboxylic acids is 2. The fraction of sp³-hybridized carbons (Fsp3) is 0.250. The van der Waals surface area contributed by atoms with Gasteiger partial charge in [0.25, 0.3) is 5.91 Å². The third-order valence-corrected chi connectivity index (χ3v) is 4.05. The van der Waals surface area contributed by atoms with Crippen LogP contribution in [0.2, 0.25) is 0 Å². The maximum absolute atomic E-state index is 11.9. The largest absolute Gasteiger partial charge is 0.484 e. The summed E-state index contributed by atoms with van der Waals surface area (Å²) in [7, 11) is 1.30. The Morgan fingerprint density at radius 1 is 1.18 bits per heavy atom. The molecule has 0 aliphatic rings. The normalized spacial score (nSPS) is 10.1. The van der Waals surface area contributed by atoms with Crippen LogP contribution in [0.15, 0.2) is 29.6 Å². The highest BCUT2D eigenvalue weighted by molar-refractivity contribution is 7.12. The molecule has 0 aliphatic carbocycles. The summed E-state index contributed by atoms with van der Waals surface area (Å²) in [6.45, 7) is 3.87. The Bertz CT molecular complexity index is 693. The predicted octanol–water partition coefficient (Wildman–Crippen LogP) is 3.17. The Hall–Kier alpha value is -2.34. The molecule has 0 fully saturated rings. The second-order valence-corrected chi connectivity index (χ2v) is 5.65. The van der Waals surface area contributed by atoms with E-state index in [0.717, 1.165) is 11.1 Å². The van der Waals surface area contributed by atoms with E-state index in [-0.39, 0.29) is 12.5 Å². The molecule has 0 spiro atoms. The number of carbonyl (C=O) groups is 2. The summed E-state index contributed by atoms with van der Waals surface area (Å²) in [5, 5.41) is 4.36. The summed E-state index contributed by atoms with van der Waals surface area (Å²) in [5.74, 6) is -0.168. The second-order valence-electron chi connectivity index (χ2n) is 4.74. The van der Waals surface area contributed by atoms with Crippen molar-refractivity contribution in [3.05, 3.63) is 45.6 Å². The van der Waals surface area contributed by atoms with Crippen LogP contribution in [0.25, 0.3) is 0 Å². The Balaban J connectivity index is 1.95. The van der Waals surface area contributed by atoms with E-state index in [1.165, 1.54) is 18.4 Å². The second kappa shape index (κ2) is 7.09. The molecule has 0 saturated heterocycles. The molecular formula is C16H17NO4S. The van der Waals surface area contributed by atoms with Gasteiger partial charge in [0, 0.05) is 0 Å². The first-order chi connectivity index (χ1) is 10.5. The van der Waals surface area contributed by atoms with Crippen LogP contribution in [0.1, 0.15) is 20.8 Å². The summed E-state index contributed by atoms with van der Waals surface area (Å²) < 4.78 is 10.1. The number of hydrogen-bond donors (Lipinski definition) is 1. The number of hydrogen-bond acceptors (Lipinski definition) is 5. The zero-order valence-corrected chi connectivity index (χ0v) is 13.5. The van der Waals surface area contributed by atoms with Crippen molar-refractivity contribution in [1.29, 1.82) is 0 Å². The number of aryl methyl sites for hydroxylation is 2. The summed E-state index contributed by atoms with van der Waals surface area (Å²) in [5.41, 5.74) is 2.70. The van der Waals surface area contributed by atoms with Crippen LogP contribution in [-0.4, -0.2) is 25.6 Å². The van der Waals surface area contributed by atoms with Gasteiger partial charge in [0.2, 0.25) is 0 Å². The minimum absolute atomic E-state index is 0.126. The number of anilines is 1. The van der Waals surface area contributed by atoms with Gasteiger partial charge in [0.15, 0.2) is 6.61 Å². The molecule has 2 rings (SSSR count). The Morgan fingerprint density at radius 2 is 1.95 bits per heavy atom. The molecule has 2 aromatic rings. The van der Waals surface area contributed by atoms with Crippen LogP contribution in [0.5, 0.6) is 5.75 Å². The fourth-order valence-electron chi connectivity index (χ4n) is 1.80. The smallest absolute Gasteiger partial charge is 0.350 e. The first-order valence-corrected chi connectivity index (χ1v) is 7.55. The zero-order chi connectivity index (χ0) is 16.1. The summed E-state index contributed by atoms with van der Waals surface area (Å²) in [6.07, 6.45) is 0. The molecule has 0 bridgehead atoms. The molecule has 6 heteroatoms. The first-order valence-electron chi connectivity index (χ1n) is 6.67. The van der Waals surface area contributed by atoms with E-state index < -0.39 is 5.97 Å². The number of ether oxygens (including phenoxy) is 2. The van der Waals surface area contributed by atoms with Crippen LogP contribution in [0.4, 0.5) is 5.69 Å². The van der Waals surface area contributed by atoms with Gasteiger partial charge in [-0.1, -0.05) is 6.07 Å². The number of benzene rings is 1. The lowest BCUT2D eigenvalue weighted by molar-refractivity contribution is -0.118. The number of nitrogens with one attached hydrogen (secondary N) is 1. The van der Waals surface area contributed by atoms with Gasteiger partial charge in [0.05, 0.1) is 12.8 Å².